The van der Waals surface area contributed by atoms with Gasteiger partial charge in [0.05, 0.1) is 0 Å². The molecular weight excluding hydrogens is 258 g/mol. The summed E-state index contributed by atoms with van der Waals surface area (Å²) in [6.07, 6.45) is 3.05. The molecule has 20 heavy (non-hydrogen) atoms. The maximum atomic E-state index is 11.8. The Morgan fingerprint density at radius 2 is 2.25 bits per heavy atom. The third-order valence-electron chi connectivity index (χ3n) is 3.21. The second kappa shape index (κ2) is 8.52. The Bertz CT molecular complexity index is 405. The molecule has 1 heterocycles. The van der Waals surface area contributed by atoms with Crippen LogP contribution in [-0.2, 0) is 13.0 Å². The average Bonchev–Trinajstić information content (AvgIpc) is 2.85. The highest BCUT2D eigenvalue weighted by atomic mass is 16.3. The molecule has 1 aromatic heterocycles. The van der Waals surface area contributed by atoms with Crippen LogP contribution in [0, 0.1) is 5.92 Å². The summed E-state index contributed by atoms with van der Waals surface area (Å²) in [6, 6.07) is -0.218. The molecule has 3 N–H and O–H groups in total. The van der Waals surface area contributed by atoms with Gasteiger partial charge in [0.15, 0.2) is 0 Å². The molecule has 0 aliphatic carbocycles. The van der Waals surface area contributed by atoms with Crippen molar-refractivity contribution in [1.82, 2.24) is 25.4 Å². The van der Waals surface area contributed by atoms with Gasteiger partial charge in [0, 0.05) is 32.2 Å². The summed E-state index contributed by atoms with van der Waals surface area (Å²) in [5.41, 5.74) is 0. The fraction of sp³-hybridized carbons (Fsp3) is 0.769. The molecule has 0 spiro atoms. The molecule has 1 atom stereocenters. The van der Waals surface area contributed by atoms with Crippen molar-refractivity contribution in [2.45, 2.75) is 46.2 Å². The number of hydrogen-bond acceptors (Lipinski definition) is 4. The number of aliphatic hydroxyl groups is 1. The van der Waals surface area contributed by atoms with Crippen molar-refractivity contribution in [2.75, 3.05) is 13.2 Å². The summed E-state index contributed by atoms with van der Waals surface area (Å²) in [5, 5.41) is 22.5. The molecule has 0 saturated heterocycles. The lowest BCUT2D eigenvalue weighted by atomic mass is 10.0. The summed E-state index contributed by atoms with van der Waals surface area (Å²) in [6.45, 7) is 7.29. The number of amides is 2. The van der Waals surface area contributed by atoms with Crippen molar-refractivity contribution in [3.8, 4) is 0 Å². The molecule has 0 fully saturated rings. The van der Waals surface area contributed by atoms with Gasteiger partial charge >= 0.3 is 6.03 Å². The zero-order chi connectivity index (χ0) is 15.0. The lowest BCUT2D eigenvalue weighted by Gasteiger charge is -2.21. The minimum absolute atomic E-state index is 0.0129. The SMILES string of the molecule is CCc1nncn1CCNC(=O)NC(CCO)C(C)C. The van der Waals surface area contributed by atoms with E-state index in [4.69, 9.17) is 5.11 Å². The van der Waals surface area contributed by atoms with Gasteiger partial charge in [-0.1, -0.05) is 20.8 Å². The first-order chi connectivity index (χ1) is 9.58. The van der Waals surface area contributed by atoms with Gasteiger partial charge in [0.1, 0.15) is 12.2 Å². The maximum Gasteiger partial charge on any atom is 0.315 e. The van der Waals surface area contributed by atoms with Gasteiger partial charge in [-0.25, -0.2) is 4.79 Å². The highest BCUT2D eigenvalue weighted by Crippen LogP contribution is 2.05. The van der Waals surface area contributed by atoms with Gasteiger partial charge in [-0.05, 0) is 12.3 Å². The number of rotatable bonds is 8. The van der Waals surface area contributed by atoms with Crippen LogP contribution in [0.5, 0.6) is 0 Å². The monoisotopic (exact) mass is 283 g/mol. The largest absolute Gasteiger partial charge is 0.396 e. The van der Waals surface area contributed by atoms with Crippen molar-refractivity contribution >= 4 is 6.03 Å². The van der Waals surface area contributed by atoms with E-state index in [1.54, 1.807) is 6.33 Å². The minimum atomic E-state index is -0.205. The first-order valence-corrected chi connectivity index (χ1v) is 7.10. The normalized spacial score (nSPS) is 12.4. The Morgan fingerprint density at radius 3 is 2.85 bits per heavy atom. The van der Waals surface area contributed by atoms with Gasteiger partial charge in [-0.3, -0.25) is 0 Å². The van der Waals surface area contributed by atoms with Crippen LogP contribution in [0.4, 0.5) is 4.79 Å². The van der Waals surface area contributed by atoms with E-state index in [0.29, 0.717) is 19.5 Å². The van der Waals surface area contributed by atoms with Crippen molar-refractivity contribution < 1.29 is 9.90 Å². The highest BCUT2D eigenvalue weighted by Gasteiger charge is 2.15. The summed E-state index contributed by atoms with van der Waals surface area (Å²) < 4.78 is 1.92. The molecule has 1 unspecified atom stereocenters. The van der Waals surface area contributed by atoms with Crippen LogP contribution in [0.15, 0.2) is 6.33 Å². The van der Waals surface area contributed by atoms with E-state index in [0.717, 1.165) is 12.2 Å². The molecule has 7 nitrogen and oxygen atoms in total. The van der Waals surface area contributed by atoms with Gasteiger partial charge < -0.3 is 20.3 Å². The molecule has 1 aromatic rings. The molecule has 0 aromatic carbocycles. The zero-order valence-electron chi connectivity index (χ0n) is 12.5. The Balaban J connectivity index is 2.32. The van der Waals surface area contributed by atoms with Crippen LogP contribution in [-0.4, -0.2) is 45.1 Å². The van der Waals surface area contributed by atoms with Crippen LogP contribution in [0.1, 0.15) is 33.0 Å². The fourth-order valence-corrected chi connectivity index (χ4v) is 1.96. The number of aliphatic hydroxyl groups excluding tert-OH is 1. The number of aromatic nitrogens is 3. The number of hydrogen-bond donors (Lipinski definition) is 3. The van der Waals surface area contributed by atoms with Crippen LogP contribution in [0.2, 0.25) is 0 Å². The number of carbonyl (C=O) groups excluding carboxylic acids is 1. The van der Waals surface area contributed by atoms with Gasteiger partial charge in [-0.15, -0.1) is 10.2 Å². The third-order valence-corrected chi connectivity index (χ3v) is 3.21. The maximum absolute atomic E-state index is 11.8. The summed E-state index contributed by atoms with van der Waals surface area (Å²) >= 11 is 0. The molecule has 1 rings (SSSR count). The minimum Gasteiger partial charge on any atom is -0.396 e. The van der Waals surface area contributed by atoms with Crippen molar-refractivity contribution in [1.29, 1.82) is 0 Å². The Kier molecular flexibility index (Phi) is 7.00. The van der Waals surface area contributed by atoms with E-state index < -0.39 is 0 Å². The second-order valence-corrected chi connectivity index (χ2v) is 5.06. The summed E-state index contributed by atoms with van der Waals surface area (Å²) in [5.74, 6) is 1.20. The van der Waals surface area contributed by atoms with Crippen LogP contribution in [0.3, 0.4) is 0 Å². The molecule has 0 saturated carbocycles. The first kappa shape index (κ1) is 16.4. The van der Waals surface area contributed by atoms with E-state index in [2.05, 4.69) is 20.8 Å². The second-order valence-electron chi connectivity index (χ2n) is 5.06. The highest BCUT2D eigenvalue weighted by molar-refractivity contribution is 5.74. The van der Waals surface area contributed by atoms with Crippen LogP contribution < -0.4 is 10.6 Å². The van der Waals surface area contributed by atoms with E-state index in [1.807, 2.05) is 25.3 Å². The average molecular weight is 283 g/mol. The molecule has 114 valence electrons. The summed E-state index contributed by atoms with van der Waals surface area (Å²) in [7, 11) is 0. The molecule has 0 aliphatic rings. The molecule has 0 bridgehead atoms. The molecule has 0 aliphatic heterocycles. The van der Waals surface area contributed by atoms with Crippen molar-refractivity contribution in [2.24, 2.45) is 5.92 Å². The standard InChI is InChI=1S/C13H25N5O2/c1-4-12-17-15-9-18(12)7-6-14-13(20)16-11(5-8-19)10(2)3/h9-11,19H,4-8H2,1-3H3,(H2,14,16,20). The van der Waals surface area contributed by atoms with Crippen LogP contribution >= 0.6 is 0 Å². The quantitative estimate of drug-likeness (QED) is 0.649. The number of nitrogens with one attached hydrogen (secondary N) is 2. The molecule has 7 heteroatoms. The number of urea groups is 1. The number of aryl methyl sites for hydroxylation is 1. The number of nitrogens with zero attached hydrogens (tertiary/aromatic N) is 3. The van der Waals surface area contributed by atoms with Gasteiger partial charge in [-0.2, -0.15) is 0 Å². The summed E-state index contributed by atoms with van der Waals surface area (Å²) in [4.78, 5) is 11.8. The third kappa shape index (κ3) is 5.16. The zero-order valence-corrected chi connectivity index (χ0v) is 12.5. The van der Waals surface area contributed by atoms with Gasteiger partial charge in [0.25, 0.3) is 0 Å². The smallest absolute Gasteiger partial charge is 0.315 e. The number of carbonyl (C=O) groups is 1. The molecule has 2 amide bonds. The first-order valence-electron chi connectivity index (χ1n) is 7.10. The predicted molar refractivity (Wildman–Crippen MR) is 76.3 cm³/mol. The lowest BCUT2D eigenvalue weighted by Crippen LogP contribution is -2.45. The van der Waals surface area contributed by atoms with E-state index >= 15 is 0 Å². The van der Waals surface area contributed by atoms with E-state index in [1.165, 1.54) is 0 Å². The van der Waals surface area contributed by atoms with E-state index in [9.17, 15) is 4.79 Å². The molecule has 0 radical (unpaired) electrons. The van der Waals surface area contributed by atoms with Crippen LogP contribution in [0.25, 0.3) is 0 Å². The lowest BCUT2D eigenvalue weighted by molar-refractivity contribution is 0.218. The fourth-order valence-electron chi connectivity index (χ4n) is 1.96. The topological polar surface area (TPSA) is 92.1 Å². The Morgan fingerprint density at radius 1 is 1.50 bits per heavy atom. The van der Waals surface area contributed by atoms with Crippen molar-refractivity contribution in [3.63, 3.8) is 0 Å². The van der Waals surface area contributed by atoms with E-state index in [-0.39, 0.29) is 24.6 Å². The molecular formula is C13H25N5O2. The predicted octanol–water partition coefficient (Wildman–Crippen LogP) is 0.547. The van der Waals surface area contributed by atoms with Gasteiger partial charge in [0.2, 0.25) is 0 Å². The van der Waals surface area contributed by atoms with Crippen molar-refractivity contribution in [3.05, 3.63) is 12.2 Å². The Hall–Kier alpha value is -1.63. The Labute approximate surface area is 119 Å².